The van der Waals surface area contributed by atoms with Gasteiger partial charge in [0.15, 0.2) is 0 Å². The summed E-state index contributed by atoms with van der Waals surface area (Å²) >= 11 is 0. The lowest BCUT2D eigenvalue weighted by Crippen LogP contribution is -2.22. The maximum absolute atomic E-state index is 5.41. The molecule has 0 aromatic carbocycles. The molecule has 2 heterocycles. The quantitative estimate of drug-likeness (QED) is 0.713. The van der Waals surface area contributed by atoms with Crippen LogP contribution in [0.15, 0.2) is 6.33 Å². The minimum atomic E-state index is 0.344. The summed E-state index contributed by atoms with van der Waals surface area (Å²) in [5, 5.41) is 4.03. The second-order valence-corrected chi connectivity index (χ2v) is 3.41. The van der Waals surface area contributed by atoms with Crippen molar-refractivity contribution >= 4 is 5.95 Å². The second-order valence-electron chi connectivity index (χ2n) is 3.41. The van der Waals surface area contributed by atoms with Gasteiger partial charge in [-0.2, -0.15) is 0 Å². The molecule has 0 saturated carbocycles. The van der Waals surface area contributed by atoms with E-state index in [1.807, 2.05) is 0 Å². The molecule has 1 aliphatic heterocycles. The number of nitrogens with two attached hydrogens (primary N) is 1. The van der Waals surface area contributed by atoms with Crippen LogP contribution >= 0.6 is 0 Å². The average molecular weight is 182 g/mol. The molecule has 5 nitrogen and oxygen atoms in total. The first kappa shape index (κ1) is 8.50. The third-order valence-electron chi connectivity index (χ3n) is 2.25. The number of rotatable bonds is 2. The van der Waals surface area contributed by atoms with Crippen LogP contribution in [0, 0.1) is 5.92 Å². The molecule has 1 atom stereocenters. The van der Waals surface area contributed by atoms with Crippen LogP contribution in [0.2, 0.25) is 0 Å². The molecule has 72 valence electrons. The molecule has 5 heteroatoms. The van der Waals surface area contributed by atoms with Crippen molar-refractivity contribution in [3.05, 3.63) is 6.33 Å². The van der Waals surface area contributed by atoms with Crippen LogP contribution in [-0.4, -0.2) is 28.0 Å². The van der Waals surface area contributed by atoms with Gasteiger partial charge in [0.2, 0.25) is 5.95 Å². The van der Waals surface area contributed by atoms with Gasteiger partial charge in [-0.05, 0) is 12.8 Å². The van der Waals surface area contributed by atoms with E-state index in [1.54, 1.807) is 11.0 Å². The highest BCUT2D eigenvalue weighted by atomic mass is 16.5. The Hall–Kier alpha value is -1.10. The molecule has 1 unspecified atom stereocenters. The van der Waals surface area contributed by atoms with E-state index < -0.39 is 0 Å². The van der Waals surface area contributed by atoms with Crippen molar-refractivity contribution < 1.29 is 4.74 Å². The number of hydrogen-bond acceptors (Lipinski definition) is 4. The standard InChI is InChI=1S/C8H14N4O/c9-8-10-6-12(11-8)4-7-2-1-3-13-5-7/h6-7H,1-5H2,(H2,9,11). The minimum Gasteiger partial charge on any atom is -0.381 e. The maximum Gasteiger partial charge on any atom is 0.239 e. The smallest absolute Gasteiger partial charge is 0.239 e. The van der Waals surface area contributed by atoms with E-state index in [1.165, 1.54) is 6.42 Å². The fourth-order valence-corrected chi connectivity index (χ4v) is 1.61. The molecule has 1 aliphatic rings. The lowest BCUT2D eigenvalue weighted by Gasteiger charge is -2.21. The predicted octanol–water partition coefficient (Wildman–Crippen LogP) is 0.287. The maximum atomic E-state index is 5.41. The third kappa shape index (κ3) is 2.18. The number of nitrogens with zero attached hydrogens (tertiary/aromatic N) is 3. The number of aromatic nitrogens is 3. The zero-order valence-electron chi connectivity index (χ0n) is 7.52. The Labute approximate surface area is 76.9 Å². The van der Waals surface area contributed by atoms with E-state index in [-0.39, 0.29) is 0 Å². The van der Waals surface area contributed by atoms with Crippen molar-refractivity contribution in [3.8, 4) is 0 Å². The van der Waals surface area contributed by atoms with Gasteiger partial charge in [0.05, 0.1) is 6.61 Å². The monoisotopic (exact) mass is 182 g/mol. The summed E-state index contributed by atoms with van der Waals surface area (Å²) in [7, 11) is 0. The summed E-state index contributed by atoms with van der Waals surface area (Å²) < 4.78 is 7.15. The summed E-state index contributed by atoms with van der Waals surface area (Å²) in [4.78, 5) is 3.87. The molecule has 0 spiro atoms. The normalized spacial score (nSPS) is 23.2. The fourth-order valence-electron chi connectivity index (χ4n) is 1.61. The Kier molecular flexibility index (Phi) is 2.44. The molecule has 2 N–H and O–H groups in total. The molecule has 1 aromatic heterocycles. The fraction of sp³-hybridized carbons (Fsp3) is 0.750. The van der Waals surface area contributed by atoms with Crippen molar-refractivity contribution in [3.63, 3.8) is 0 Å². The zero-order chi connectivity index (χ0) is 9.10. The van der Waals surface area contributed by atoms with Crippen molar-refractivity contribution in [1.82, 2.24) is 14.8 Å². The Morgan fingerprint density at radius 1 is 1.69 bits per heavy atom. The molecule has 1 saturated heterocycles. The van der Waals surface area contributed by atoms with Gasteiger partial charge in [-0.25, -0.2) is 4.98 Å². The van der Waals surface area contributed by atoms with Gasteiger partial charge in [0, 0.05) is 19.1 Å². The first-order chi connectivity index (χ1) is 6.34. The van der Waals surface area contributed by atoms with Crippen LogP contribution < -0.4 is 5.73 Å². The topological polar surface area (TPSA) is 66.0 Å². The van der Waals surface area contributed by atoms with Crippen molar-refractivity contribution in [2.45, 2.75) is 19.4 Å². The van der Waals surface area contributed by atoms with Gasteiger partial charge < -0.3 is 10.5 Å². The van der Waals surface area contributed by atoms with Gasteiger partial charge in [0.1, 0.15) is 6.33 Å². The third-order valence-corrected chi connectivity index (χ3v) is 2.25. The second kappa shape index (κ2) is 3.74. The van der Waals surface area contributed by atoms with Crippen LogP contribution in [0.5, 0.6) is 0 Å². The van der Waals surface area contributed by atoms with Crippen LogP contribution in [0.1, 0.15) is 12.8 Å². The molecular formula is C8H14N4O. The lowest BCUT2D eigenvalue weighted by atomic mass is 10.0. The number of nitrogen functional groups attached to an aromatic ring is 1. The number of hydrogen-bond donors (Lipinski definition) is 1. The average Bonchev–Trinajstić information content (AvgIpc) is 2.53. The van der Waals surface area contributed by atoms with Gasteiger partial charge >= 0.3 is 0 Å². The summed E-state index contributed by atoms with van der Waals surface area (Å²) in [6, 6.07) is 0. The van der Waals surface area contributed by atoms with Gasteiger partial charge in [-0.15, -0.1) is 5.10 Å². The van der Waals surface area contributed by atoms with E-state index in [2.05, 4.69) is 10.1 Å². The van der Waals surface area contributed by atoms with Crippen LogP contribution in [0.3, 0.4) is 0 Å². The SMILES string of the molecule is Nc1ncn(CC2CCCOC2)n1. The highest BCUT2D eigenvalue weighted by Gasteiger charge is 2.14. The first-order valence-electron chi connectivity index (χ1n) is 4.57. The highest BCUT2D eigenvalue weighted by Crippen LogP contribution is 2.14. The van der Waals surface area contributed by atoms with Crippen LogP contribution in [-0.2, 0) is 11.3 Å². The van der Waals surface area contributed by atoms with E-state index in [9.17, 15) is 0 Å². The zero-order valence-corrected chi connectivity index (χ0v) is 7.52. The largest absolute Gasteiger partial charge is 0.381 e. The van der Waals surface area contributed by atoms with E-state index >= 15 is 0 Å². The Balaban J connectivity index is 1.89. The minimum absolute atomic E-state index is 0.344. The summed E-state index contributed by atoms with van der Waals surface area (Å²) in [5.74, 6) is 0.909. The van der Waals surface area contributed by atoms with Gasteiger partial charge in [-0.1, -0.05) is 0 Å². The van der Waals surface area contributed by atoms with E-state index in [4.69, 9.17) is 10.5 Å². The molecule has 0 aliphatic carbocycles. The first-order valence-corrected chi connectivity index (χ1v) is 4.57. The molecule has 13 heavy (non-hydrogen) atoms. The molecule has 1 fully saturated rings. The molecular weight excluding hydrogens is 168 g/mol. The van der Waals surface area contributed by atoms with Crippen molar-refractivity contribution in [2.75, 3.05) is 18.9 Å². The van der Waals surface area contributed by atoms with Crippen LogP contribution in [0.25, 0.3) is 0 Å². The Morgan fingerprint density at radius 2 is 2.62 bits per heavy atom. The Bertz CT molecular complexity index is 267. The number of ether oxygens (including phenoxy) is 1. The van der Waals surface area contributed by atoms with Crippen molar-refractivity contribution in [2.24, 2.45) is 5.92 Å². The van der Waals surface area contributed by atoms with Gasteiger partial charge in [-0.3, -0.25) is 4.68 Å². The molecule has 1 aromatic rings. The molecule has 0 bridgehead atoms. The molecule has 2 rings (SSSR count). The van der Waals surface area contributed by atoms with Crippen LogP contribution in [0.4, 0.5) is 5.95 Å². The molecule has 0 radical (unpaired) electrons. The number of anilines is 1. The van der Waals surface area contributed by atoms with Crippen molar-refractivity contribution in [1.29, 1.82) is 0 Å². The predicted molar refractivity (Wildman–Crippen MR) is 48.0 cm³/mol. The summed E-state index contributed by atoms with van der Waals surface area (Å²) in [6.45, 7) is 2.60. The Morgan fingerprint density at radius 3 is 3.23 bits per heavy atom. The summed E-state index contributed by atoms with van der Waals surface area (Å²) in [5.41, 5.74) is 5.41. The lowest BCUT2D eigenvalue weighted by molar-refractivity contribution is 0.0470. The van der Waals surface area contributed by atoms with Gasteiger partial charge in [0.25, 0.3) is 0 Å². The summed E-state index contributed by atoms with van der Waals surface area (Å²) in [6.07, 6.45) is 4.03. The van der Waals surface area contributed by atoms with E-state index in [0.29, 0.717) is 11.9 Å². The molecule has 0 amide bonds. The highest BCUT2D eigenvalue weighted by molar-refractivity contribution is 5.09. The van der Waals surface area contributed by atoms with E-state index in [0.717, 1.165) is 26.2 Å².